The fourth-order valence-corrected chi connectivity index (χ4v) is 2.68. The molecule has 1 aliphatic carbocycles. The molecule has 0 radical (unpaired) electrons. The number of carbonyl (C=O) groups is 2. The highest BCUT2D eigenvalue weighted by atomic mass is 16.4. The average Bonchev–Trinajstić information content (AvgIpc) is 3.28. The molecule has 5 heteroatoms. The lowest BCUT2D eigenvalue weighted by Crippen LogP contribution is -2.42. The van der Waals surface area contributed by atoms with Crippen molar-refractivity contribution < 1.29 is 14.7 Å². The molecule has 1 aromatic carbocycles. The van der Waals surface area contributed by atoms with E-state index in [-0.39, 0.29) is 18.2 Å². The summed E-state index contributed by atoms with van der Waals surface area (Å²) in [6.07, 6.45) is 2.61. The number of nitrogens with one attached hydrogen (secondary N) is 2. The number of benzene rings is 1. The maximum atomic E-state index is 12.0. The maximum Gasteiger partial charge on any atom is 0.326 e. The van der Waals surface area contributed by atoms with Gasteiger partial charge in [0.05, 0.1) is 0 Å². The first kappa shape index (κ1) is 15.3. The molecule has 3 rings (SSSR count). The van der Waals surface area contributed by atoms with Gasteiger partial charge in [-0.05, 0) is 42.9 Å². The molecule has 0 saturated heterocycles. The molecule has 0 spiro atoms. The van der Waals surface area contributed by atoms with Crippen LogP contribution in [0.25, 0.3) is 11.3 Å². The molecule has 1 unspecified atom stereocenters. The van der Waals surface area contributed by atoms with Gasteiger partial charge in [-0.2, -0.15) is 0 Å². The third kappa shape index (κ3) is 4.00. The van der Waals surface area contributed by atoms with E-state index in [1.807, 2.05) is 42.5 Å². The molecule has 0 bridgehead atoms. The first-order chi connectivity index (χ1) is 11.1. The predicted molar refractivity (Wildman–Crippen MR) is 86.8 cm³/mol. The summed E-state index contributed by atoms with van der Waals surface area (Å²) in [6.45, 7) is 0. The summed E-state index contributed by atoms with van der Waals surface area (Å²) in [7, 11) is 0. The number of amides is 1. The first-order valence-electron chi connectivity index (χ1n) is 7.89. The van der Waals surface area contributed by atoms with Gasteiger partial charge in [-0.15, -0.1) is 0 Å². The van der Waals surface area contributed by atoms with Crippen LogP contribution < -0.4 is 5.32 Å². The molecule has 0 aliphatic heterocycles. The molecule has 5 nitrogen and oxygen atoms in total. The molecule has 1 amide bonds. The monoisotopic (exact) mass is 312 g/mol. The maximum absolute atomic E-state index is 12.0. The van der Waals surface area contributed by atoms with Crippen LogP contribution in [0.1, 0.15) is 25.0 Å². The second-order valence-electron chi connectivity index (χ2n) is 5.98. The standard InChI is InChI=1S/C18H20N2O3/c21-16(20-17(18(22)23)13-6-7-13)11-9-14-8-10-15(19-14)12-4-2-1-3-5-12/h1-5,8,10,13,17,19H,6-7,9,11H2,(H,20,21)(H,22,23). The number of aromatic amines is 1. The molecule has 2 aromatic rings. The van der Waals surface area contributed by atoms with Crippen LogP contribution >= 0.6 is 0 Å². The molecule has 120 valence electrons. The van der Waals surface area contributed by atoms with E-state index in [0.717, 1.165) is 29.8 Å². The van der Waals surface area contributed by atoms with Crippen molar-refractivity contribution in [1.82, 2.24) is 10.3 Å². The summed E-state index contributed by atoms with van der Waals surface area (Å²) in [5.41, 5.74) is 3.09. The molecule has 1 atom stereocenters. The Hall–Kier alpha value is -2.56. The lowest BCUT2D eigenvalue weighted by atomic mass is 10.1. The van der Waals surface area contributed by atoms with E-state index in [4.69, 9.17) is 5.11 Å². The van der Waals surface area contributed by atoms with Gasteiger partial charge in [-0.3, -0.25) is 4.79 Å². The zero-order valence-corrected chi connectivity index (χ0v) is 12.8. The molecule has 1 heterocycles. The fraction of sp³-hybridized carbons (Fsp3) is 0.333. The normalized spacial score (nSPS) is 15.1. The van der Waals surface area contributed by atoms with Crippen molar-refractivity contribution >= 4 is 11.9 Å². The van der Waals surface area contributed by atoms with Crippen molar-refractivity contribution in [2.24, 2.45) is 5.92 Å². The van der Waals surface area contributed by atoms with Crippen LogP contribution in [0.15, 0.2) is 42.5 Å². The summed E-state index contributed by atoms with van der Waals surface area (Å²) >= 11 is 0. The summed E-state index contributed by atoms with van der Waals surface area (Å²) < 4.78 is 0. The number of aryl methyl sites for hydroxylation is 1. The number of rotatable bonds is 7. The highest BCUT2D eigenvalue weighted by Crippen LogP contribution is 2.32. The highest BCUT2D eigenvalue weighted by molar-refractivity contribution is 5.84. The van der Waals surface area contributed by atoms with Crippen LogP contribution in [0, 0.1) is 5.92 Å². The topological polar surface area (TPSA) is 82.2 Å². The van der Waals surface area contributed by atoms with Crippen molar-refractivity contribution in [2.75, 3.05) is 0 Å². The number of carboxylic acids is 1. The van der Waals surface area contributed by atoms with Gasteiger partial charge in [-0.1, -0.05) is 30.3 Å². The Kier molecular flexibility index (Phi) is 4.46. The molecular formula is C18H20N2O3. The van der Waals surface area contributed by atoms with Gasteiger partial charge >= 0.3 is 5.97 Å². The van der Waals surface area contributed by atoms with Gasteiger partial charge in [0, 0.05) is 17.8 Å². The van der Waals surface area contributed by atoms with Crippen molar-refractivity contribution in [3.05, 3.63) is 48.2 Å². The smallest absolute Gasteiger partial charge is 0.326 e. The van der Waals surface area contributed by atoms with E-state index >= 15 is 0 Å². The van der Waals surface area contributed by atoms with E-state index < -0.39 is 12.0 Å². The van der Waals surface area contributed by atoms with Gasteiger partial charge in [0.2, 0.25) is 5.91 Å². The minimum atomic E-state index is -0.938. The highest BCUT2D eigenvalue weighted by Gasteiger charge is 2.37. The van der Waals surface area contributed by atoms with Crippen molar-refractivity contribution in [1.29, 1.82) is 0 Å². The van der Waals surface area contributed by atoms with Crippen LogP contribution in [0.4, 0.5) is 0 Å². The second-order valence-corrected chi connectivity index (χ2v) is 5.98. The molecule has 1 aromatic heterocycles. The van der Waals surface area contributed by atoms with E-state index in [2.05, 4.69) is 10.3 Å². The predicted octanol–water partition coefficient (Wildman–Crippen LogP) is 2.59. The Balaban J connectivity index is 1.53. The van der Waals surface area contributed by atoms with Crippen LogP contribution in [0.5, 0.6) is 0 Å². The van der Waals surface area contributed by atoms with Crippen molar-refractivity contribution in [2.45, 2.75) is 31.7 Å². The quantitative estimate of drug-likeness (QED) is 0.735. The number of hydrogen-bond acceptors (Lipinski definition) is 2. The van der Waals surface area contributed by atoms with Crippen molar-refractivity contribution in [3.8, 4) is 11.3 Å². The van der Waals surface area contributed by atoms with E-state index in [9.17, 15) is 9.59 Å². The fourth-order valence-electron chi connectivity index (χ4n) is 2.68. The molecular weight excluding hydrogens is 292 g/mol. The molecule has 23 heavy (non-hydrogen) atoms. The summed E-state index contributed by atoms with van der Waals surface area (Å²) in [5, 5.41) is 11.8. The summed E-state index contributed by atoms with van der Waals surface area (Å²) in [4.78, 5) is 26.4. The van der Waals surface area contributed by atoms with E-state index in [1.54, 1.807) is 0 Å². The molecule has 1 aliphatic rings. The van der Waals surface area contributed by atoms with Crippen molar-refractivity contribution in [3.63, 3.8) is 0 Å². The first-order valence-corrected chi connectivity index (χ1v) is 7.89. The summed E-state index contributed by atoms with van der Waals surface area (Å²) in [6, 6.07) is 13.2. The van der Waals surface area contributed by atoms with Gasteiger partial charge in [-0.25, -0.2) is 4.79 Å². The number of hydrogen-bond donors (Lipinski definition) is 3. The van der Waals surface area contributed by atoms with Crippen LogP contribution in [-0.2, 0) is 16.0 Å². The minimum absolute atomic E-state index is 0.103. The number of carbonyl (C=O) groups excluding carboxylic acids is 1. The minimum Gasteiger partial charge on any atom is -0.480 e. The number of H-pyrrole nitrogens is 1. The Bertz CT molecular complexity index is 689. The third-order valence-corrected chi connectivity index (χ3v) is 4.13. The average molecular weight is 312 g/mol. The third-order valence-electron chi connectivity index (χ3n) is 4.13. The van der Waals surface area contributed by atoms with Gasteiger partial charge in [0.1, 0.15) is 6.04 Å². The Morgan fingerprint density at radius 3 is 2.57 bits per heavy atom. The van der Waals surface area contributed by atoms with E-state index in [0.29, 0.717) is 6.42 Å². The van der Waals surface area contributed by atoms with Gasteiger partial charge in [0.15, 0.2) is 0 Å². The zero-order chi connectivity index (χ0) is 16.2. The molecule has 1 fully saturated rings. The lowest BCUT2D eigenvalue weighted by molar-refractivity contribution is -0.142. The molecule has 1 saturated carbocycles. The number of aromatic nitrogens is 1. The largest absolute Gasteiger partial charge is 0.480 e. The summed E-state index contributed by atoms with van der Waals surface area (Å²) in [5.74, 6) is -1.04. The Morgan fingerprint density at radius 2 is 1.91 bits per heavy atom. The Labute approximate surface area is 134 Å². The van der Waals surface area contributed by atoms with Crippen LogP contribution in [0.3, 0.4) is 0 Å². The van der Waals surface area contributed by atoms with Gasteiger partial charge < -0.3 is 15.4 Å². The molecule has 3 N–H and O–H groups in total. The second kappa shape index (κ2) is 6.69. The number of carboxylic acid groups (broad SMARTS) is 1. The van der Waals surface area contributed by atoms with E-state index in [1.165, 1.54) is 0 Å². The van der Waals surface area contributed by atoms with Crippen LogP contribution in [0.2, 0.25) is 0 Å². The lowest BCUT2D eigenvalue weighted by Gasteiger charge is -2.13. The van der Waals surface area contributed by atoms with Crippen LogP contribution in [-0.4, -0.2) is 28.0 Å². The number of aliphatic carboxylic acids is 1. The zero-order valence-electron chi connectivity index (χ0n) is 12.8. The Morgan fingerprint density at radius 1 is 1.17 bits per heavy atom. The van der Waals surface area contributed by atoms with Gasteiger partial charge in [0.25, 0.3) is 0 Å². The SMILES string of the molecule is O=C(CCc1ccc(-c2ccccc2)[nH]1)NC(C(=O)O)C1CC1.